The molecule has 2 aliphatic heterocycles. The van der Waals surface area contributed by atoms with Gasteiger partial charge in [-0.3, -0.25) is 9.58 Å². The number of aromatic nitrogens is 2. The number of hydrogen-bond donors (Lipinski definition) is 0. The molecule has 122 valence electrons. The van der Waals surface area contributed by atoms with E-state index in [0.29, 0.717) is 5.92 Å². The van der Waals surface area contributed by atoms with E-state index < -0.39 is 0 Å². The lowest BCUT2D eigenvalue weighted by Crippen LogP contribution is -2.36. The van der Waals surface area contributed by atoms with Crippen LogP contribution in [0.1, 0.15) is 24.8 Å². The lowest BCUT2D eigenvalue weighted by atomic mass is 9.81. The molecule has 2 saturated heterocycles. The Morgan fingerprint density at radius 3 is 3.09 bits per heavy atom. The van der Waals surface area contributed by atoms with Crippen molar-refractivity contribution in [1.29, 1.82) is 0 Å². The van der Waals surface area contributed by atoms with E-state index in [-0.39, 0.29) is 5.41 Å². The molecular weight excluding hydrogens is 278 g/mol. The summed E-state index contributed by atoms with van der Waals surface area (Å²) < 4.78 is 13.8. The molecule has 2 atom stereocenters. The second-order valence-corrected chi connectivity index (χ2v) is 7.58. The maximum absolute atomic E-state index is 6.11. The molecule has 22 heavy (non-hydrogen) atoms. The third-order valence-corrected chi connectivity index (χ3v) is 5.72. The van der Waals surface area contributed by atoms with Gasteiger partial charge >= 0.3 is 0 Å². The molecule has 5 heteroatoms. The van der Waals surface area contributed by atoms with E-state index in [1.54, 1.807) is 0 Å². The highest BCUT2D eigenvalue weighted by atomic mass is 16.5. The third-order valence-electron chi connectivity index (χ3n) is 5.72. The smallest absolute Gasteiger partial charge is 0.0561 e. The fourth-order valence-electron chi connectivity index (χ4n) is 4.17. The largest absolute Gasteiger partial charge is 0.380 e. The molecule has 3 fully saturated rings. The van der Waals surface area contributed by atoms with E-state index in [4.69, 9.17) is 9.47 Å². The lowest BCUT2D eigenvalue weighted by molar-refractivity contribution is -0.000855. The number of likely N-dealkylation sites (tertiary alicyclic amines) is 1. The van der Waals surface area contributed by atoms with Crippen molar-refractivity contribution in [2.45, 2.75) is 25.8 Å². The number of nitrogens with zero attached hydrogens (tertiary/aromatic N) is 3. The number of hydrogen-bond acceptors (Lipinski definition) is 4. The second-order valence-electron chi connectivity index (χ2n) is 7.58. The van der Waals surface area contributed by atoms with Crippen molar-refractivity contribution in [2.75, 3.05) is 39.5 Å². The van der Waals surface area contributed by atoms with Crippen molar-refractivity contribution in [3.8, 4) is 0 Å². The molecule has 1 saturated carbocycles. The number of rotatable bonds is 6. The van der Waals surface area contributed by atoms with Gasteiger partial charge in [0.2, 0.25) is 0 Å². The van der Waals surface area contributed by atoms with Crippen molar-refractivity contribution >= 4 is 0 Å². The fraction of sp³-hybridized carbons (Fsp3) is 0.824. The molecule has 5 nitrogen and oxygen atoms in total. The maximum Gasteiger partial charge on any atom is 0.0561 e. The van der Waals surface area contributed by atoms with Gasteiger partial charge in [0.05, 0.1) is 26.0 Å². The van der Waals surface area contributed by atoms with Crippen molar-refractivity contribution in [1.82, 2.24) is 14.7 Å². The Morgan fingerprint density at radius 1 is 1.45 bits per heavy atom. The Morgan fingerprint density at radius 2 is 2.36 bits per heavy atom. The fourth-order valence-corrected chi connectivity index (χ4v) is 4.17. The Bertz CT molecular complexity index is 514. The zero-order valence-corrected chi connectivity index (χ0v) is 13.5. The molecule has 0 spiro atoms. The summed E-state index contributed by atoms with van der Waals surface area (Å²) in [6, 6.07) is 0. The zero-order chi connectivity index (χ0) is 15.0. The summed E-state index contributed by atoms with van der Waals surface area (Å²) >= 11 is 0. The van der Waals surface area contributed by atoms with Gasteiger partial charge in [-0.05, 0) is 18.8 Å². The number of fused-ring (bicyclic) bond motifs is 1. The SMILES string of the molecule is Cn1cc(CN2C[C@@H]3COC[C@]3(COCC3CCC3)C2)cn1. The first-order chi connectivity index (χ1) is 10.7. The molecule has 0 unspecified atom stereocenters. The van der Waals surface area contributed by atoms with E-state index in [2.05, 4.69) is 16.2 Å². The zero-order valence-electron chi connectivity index (χ0n) is 13.5. The van der Waals surface area contributed by atoms with Gasteiger partial charge in [0.15, 0.2) is 0 Å². The Hall–Kier alpha value is -0.910. The van der Waals surface area contributed by atoms with Crippen LogP contribution in [0.15, 0.2) is 12.4 Å². The minimum atomic E-state index is 0.228. The molecule has 0 N–H and O–H groups in total. The molecular formula is C17H27N3O2. The monoisotopic (exact) mass is 305 g/mol. The summed E-state index contributed by atoms with van der Waals surface area (Å²) in [5.41, 5.74) is 1.53. The summed E-state index contributed by atoms with van der Waals surface area (Å²) in [7, 11) is 1.98. The topological polar surface area (TPSA) is 39.5 Å². The normalized spacial score (nSPS) is 32.3. The number of aryl methyl sites for hydroxylation is 1. The summed E-state index contributed by atoms with van der Waals surface area (Å²) in [6.45, 7) is 6.81. The van der Waals surface area contributed by atoms with Gasteiger partial charge in [0.25, 0.3) is 0 Å². The average molecular weight is 305 g/mol. The molecule has 4 rings (SSSR count). The molecule has 0 radical (unpaired) electrons. The Kier molecular flexibility index (Phi) is 3.96. The second kappa shape index (κ2) is 5.95. The molecule has 1 aromatic rings. The standard InChI is InChI=1S/C17H27N3O2/c1-19-6-15(5-18-19)7-20-8-16-10-22-13-17(16,11-20)12-21-9-14-3-2-4-14/h5-6,14,16H,2-4,7-13H2,1H3/t16-,17-/m1/s1. The molecule has 1 aromatic heterocycles. The summed E-state index contributed by atoms with van der Waals surface area (Å²) in [4.78, 5) is 2.55. The maximum atomic E-state index is 6.11. The van der Waals surface area contributed by atoms with Crippen LogP contribution in [0.25, 0.3) is 0 Å². The van der Waals surface area contributed by atoms with E-state index in [9.17, 15) is 0 Å². The van der Waals surface area contributed by atoms with E-state index in [1.165, 1.54) is 24.8 Å². The molecule has 0 bridgehead atoms. The minimum absolute atomic E-state index is 0.228. The van der Waals surface area contributed by atoms with Gasteiger partial charge < -0.3 is 9.47 Å². The van der Waals surface area contributed by atoms with Crippen LogP contribution < -0.4 is 0 Å². The van der Waals surface area contributed by atoms with Crippen molar-refractivity contribution < 1.29 is 9.47 Å². The van der Waals surface area contributed by atoms with Crippen LogP contribution in [-0.4, -0.2) is 54.2 Å². The summed E-state index contributed by atoms with van der Waals surface area (Å²) in [6.07, 6.45) is 8.21. The quantitative estimate of drug-likeness (QED) is 0.802. The highest BCUT2D eigenvalue weighted by molar-refractivity contribution is 5.07. The molecule has 0 aromatic carbocycles. The van der Waals surface area contributed by atoms with Crippen molar-refractivity contribution in [3.63, 3.8) is 0 Å². The Labute approximate surface area is 132 Å². The highest BCUT2D eigenvalue weighted by Gasteiger charge is 2.50. The van der Waals surface area contributed by atoms with Gasteiger partial charge in [0.1, 0.15) is 0 Å². The first-order valence-corrected chi connectivity index (χ1v) is 8.59. The summed E-state index contributed by atoms with van der Waals surface area (Å²) in [5.74, 6) is 1.45. The van der Waals surface area contributed by atoms with Gasteiger partial charge in [-0.1, -0.05) is 6.42 Å². The molecule has 1 aliphatic carbocycles. The predicted molar refractivity (Wildman–Crippen MR) is 83.4 cm³/mol. The average Bonchev–Trinajstić information content (AvgIpc) is 3.07. The highest BCUT2D eigenvalue weighted by Crippen LogP contribution is 2.42. The third kappa shape index (κ3) is 2.82. The first-order valence-electron chi connectivity index (χ1n) is 8.59. The predicted octanol–water partition coefficient (Wildman–Crippen LogP) is 1.69. The van der Waals surface area contributed by atoms with Gasteiger partial charge in [-0.15, -0.1) is 0 Å². The van der Waals surface area contributed by atoms with E-state index in [0.717, 1.165) is 52.0 Å². The molecule has 3 aliphatic rings. The van der Waals surface area contributed by atoms with Crippen molar-refractivity contribution in [2.24, 2.45) is 24.3 Å². The number of ether oxygens (including phenoxy) is 2. The van der Waals surface area contributed by atoms with Crippen LogP contribution in [-0.2, 0) is 23.1 Å². The molecule has 0 amide bonds. The van der Waals surface area contributed by atoms with Crippen LogP contribution in [0, 0.1) is 17.3 Å². The molecule has 3 heterocycles. The van der Waals surface area contributed by atoms with Crippen LogP contribution in [0.2, 0.25) is 0 Å². The van der Waals surface area contributed by atoms with Crippen LogP contribution in [0.4, 0.5) is 0 Å². The van der Waals surface area contributed by atoms with Gasteiger partial charge in [0, 0.05) is 56.4 Å². The van der Waals surface area contributed by atoms with Crippen LogP contribution in [0.3, 0.4) is 0 Å². The lowest BCUT2D eigenvalue weighted by Gasteiger charge is -2.30. The van der Waals surface area contributed by atoms with Crippen LogP contribution >= 0.6 is 0 Å². The van der Waals surface area contributed by atoms with E-state index >= 15 is 0 Å². The van der Waals surface area contributed by atoms with Crippen LogP contribution in [0.5, 0.6) is 0 Å². The first kappa shape index (κ1) is 14.7. The van der Waals surface area contributed by atoms with E-state index in [1.807, 2.05) is 17.9 Å². The van der Waals surface area contributed by atoms with Gasteiger partial charge in [-0.2, -0.15) is 5.10 Å². The summed E-state index contributed by atoms with van der Waals surface area (Å²) in [5, 5.41) is 4.27. The van der Waals surface area contributed by atoms with Gasteiger partial charge in [-0.25, -0.2) is 0 Å². The van der Waals surface area contributed by atoms with Crippen molar-refractivity contribution in [3.05, 3.63) is 18.0 Å². The minimum Gasteiger partial charge on any atom is -0.380 e. The Balaban J connectivity index is 1.34.